The average molecular weight is 443 g/mol. The molecule has 1 aromatic rings. The van der Waals surface area contributed by atoms with Crippen LogP contribution in [0.4, 0.5) is 4.79 Å². The standard InChI is InChI=1S/C22H31ClN2O3.ClH/c1-21(27)22(28-20(26)25(21)19-5-3-2-4-6-19)12-15-24(16-13-22)14-11-17-7-9-18(23)10-8-17;/h7-10,19,27H,2-6,11-16H2,1H3;1H. The Hall–Kier alpha value is -1.01. The van der Waals surface area contributed by atoms with Crippen LogP contribution in [0.2, 0.25) is 5.02 Å². The summed E-state index contributed by atoms with van der Waals surface area (Å²) in [6.45, 7) is 4.40. The topological polar surface area (TPSA) is 53.0 Å². The van der Waals surface area contributed by atoms with Gasteiger partial charge in [-0.3, -0.25) is 4.90 Å². The number of carbonyl (C=O) groups is 1. The monoisotopic (exact) mass is 442 g/mol. The zero-order valence-electron chi connectivity index (χ0n) is 17.1. The van der Waals surface area contributed by atoms with Gasteiger partial charge in [0.25, 0.3) is 0 Å². The maximum Gasteiger partial charge on any atom is 0.413 e. The van der Waals surface area contributed by atoms with Crippen molar-refractivity contribution in [2.45, 2.75) is 75.7 Å². The fourth-order valence-electron chi connectivity index (χ4n) is 5.21. The first kappa shape index (κ1) is 22.7. The number of carbonyl (C=O) groups excluding carboxylic acids is 1. The van der Waals surface area contributed by atoms with E-state index in [-0.39, 0.29) is 24.5 Å². The van der Waals surface area contributed by atoms with Crippen molar-refractivity contribution in [2.24, 2.45) is 0 Å². The minimum absolute atomic E-state index is 0. The Kier molecular flexibility index (Phi) is 7.04. The van der Waals surface area contributed by atoms with Crippen LogP contribution in [-0.4, -0.2) is 58.0 Å². The summed E-state index contributed by atoms with van der Waals surface area (Å²) in [6, 6.07) is 8.10. The lowest BCUT2D eigenvalue weighted by molar-refractivity contribution is -0.173. The van der Waals surface area contributed by atoms with Crippen LogP contribution in [0, 0.1) is 0 Å². The highest BCUT2D eigenvalue weighted by molar-refractivity contribution is 6.30. The van der Waals surface area contributed by atoms with E-state index in [0.29, 0.717) is 12.8 Å². The summed E-state index contributed by atoms with van der Waals surface area (Å²) in [5, 5.41) is 12.2. The molecule has 1 unspecified atom stereocenters. The number of rotatable bonds is 4. The Labute approximate surface area is 184 Å². The largest absolute Gasteiger partial charge is 0.437 e. The number of amides is 1. The molecule has 29 heavy (non-hydrogen) atoms. The van der Waals surface area contributed by atoms with E-state index in [1.165, 1.54) is 12.0 Å². The molecule has 0 bridgehead atoms. The lowest BCUT2D eigenvalue weighted by Gasteiger charge is -2.46. The maximum atomic E-state index is 12.7. The zero-order chi connectivity index (χ0) is 19.8. The van der Waals surface area contributed by atoms with Crippen LogP contribution < -0.4 is 0 Å². The van der Waals surface area contributed by atoms with Crippen molar-refractivity contribution in [3.63, 3.8) is 0 Å². The Bertz CT molecular complexity index is 697. The van der Waals surface area contributed by atoms with Gasteiger partial charge in [-0.05, 0) is 43.9 Å². The fraction of sp³-hybridized carbons (Fsp3) is 0.682. The molecular weight excluding hydrogens is 411 g/mol. The molecule has 4 rings (SSSR count). The fourth-order valence-corrected chi connectivity index (χ4v) is 5.33. The van der Waals surface area contributed by atoms with E-state index >= 15 is 0 Å². The first-order valence-electron chi connectivity index (χ1n) is 10.6. The number of halogens is 2. The summed E-state index contributed by atoms with van der Waals surface area (Å²) < 4.78 is 5.89. The molecule has 1 saturated carbocycles. The molecule has 2 saturated heterocycles. The molecule has 0 aromatic heterocycles. The zero-order valence-corrected chi connectivity index (χ0v) is 18.7. The van der Waals surface area contributed by atoms with Crippen molar-refractivity contribution in [3.05, 3.63) is 34.9 Å². The normalized spacial score (nSPS) is 27.7. The highest BCUT2D eigenvalue weighted by atomic mass is 35.5. The minimum Gasteiger partial charge on any atom is -0.437 e. The molecule has 1 aromatic carbocycles. The molecular formula is C22H32Cl2N2O3. The van der Waals surface area contributed by atoms with Crippen LogP contribution in [0.5, 0.6) is 0 Å². The molecule has 1 aliphatic carbocycles. The summed E-state index contributed by atoms with van der Waals surface area (Å²) in [5.74, 6) is 0. The molecule has 1 amide bonds. The predicted molar refractivity (Wildman–Crippen MR) is 117 cm³/mol. The maximum absolute atomic E-state index is 12.7. The molecule has 0 radical (unpaired) electrons. The van der Waals surface area contributed by atoms with Gasteiger partial charge in [-0.1, -0.05) is 43.0 Å². The van der Waals surface area contributed by atoms with E-state index in [1.54, 1.807) is 11.8 Å². The van der Waals surface area contributed by atoms with Crippen molar-refractivity contribution in [2.75, 3.05) is 19.6 Å². The van der Waals surface area contributed by atoms with Gasteiger partial charge >= 0.3 is 6.09 Å². The van der Waals surface area contributed by atoms with Crippen LogP contribution in [0.1, 0.15) is 57.4 Å². The Morgan fingerprint density at radius 3 is 2.38 bits per heavy atom. The second-order valence-electron chi connectivity index (χ2n) is 8.76. The van der Waals surface area contributed by atoms with Crippen LogP contribution in [0.3, 0.4) is 0 Å². The molecule has 3 fully saturated rings. The van der Waals surface area contributed by atoms with Crippen molar-refractivity contribution < 1.29 is 14.6 Å². The highest BCUT2D eigenvalue weighted by Crippen LogP contribution is 2.47. The van der Waals surface area contributed by atoms with Crippen LogP contribution in [0.25, 0.3) is 0 Å². The van der Waals surface area contributed by atoms with Gasteiger partial charge < -0.3 is 14.7 Å². The molecule has 5 nitrogen and oxygen atoms in total. The molecule has 2 aliphatic heterocycles. The summed E-state index contributed by atoms with van der Waals surface area (Å²) in [4.78, 5) is 16.8. The Morgan fingerprint density at radius 2 is 1.76 bits per heavy atom. The third kappa shape index (κ3) is 4.39. The predicted octanol–water partition coefficient (Wildman–Crippen LogP) is 4.63. The van der Waals surface area contributed by atoms with E-state index in [9.17, 15) is 9.90 Å². The SMILES string of the molecule is CC1(O)N(C2CCCCC2)C(=O)OC12CCN(CCc1ccc(Cl)cc1)CC2.Cl. The van der Waals surface area contributed by atoms with Gasteiger partial charge in [0.2, 0.25) is 0 Å². The summed E-state index contributed by atoms with van der Waals surface area (Å²) in [7, 11) is 0. The summed E-state index contributed by atoms with van der Waals surface area (Å²) >= 11 is 5.96. The number of likely N-dealkylation sites (tertiary alicyclic amines) is 1. The Morgan fingerprint density at radius 1 is 1.14 bits per heavy atom. The third-order valence-electron chi connectivity index (χ3n) is 7.05. The minimum atomic E-state index is -1.23. The van der Waals surface area contributed by atoms with Gasteiger partial charge in [-0.2, -0.15) is 0 Å². The number of ether oxygens (including phenoxy) is 1. The van der Waals surface area contributed by atoms with E-state index in [4.69, 9.17) is 16.3 Å². The van der Waals surface area contributed by atoms with Crippen molar-refractivity contribution in [1.82, 2.24) is 9.80 Å². The van der Waals surface area contributed by atoms with Gasteiger partial charge in [-0.25, -0.2) is 4.79 Å². The van der Waals surface area contributed by atoms with E-state index < -0.39 is 11.3 Å². The second-order valence-corrected chi connectivity index (χ2v) is 9.20. The molecule has 1 N–H and O–H groups in total. The average Bonchev–Trinajstić information content (AvgIpc) is 2.88. The number of hydrogen-bond acceptors (Lipinski definition) is 4. The van der Waals surface area contributed by atoms with E-state index in [0.717, 1.165) is 56.8 Å². The van der Waals surface area contributed by atoms with E-state index in [2.05, 4.69) is 17.0 Å². The number of nitrogens with zero attached hydrogens (tertiary/aromatic N) is 2. The lowest BCUT2D eigenvalue weighted by atomic mass is 9.80. The van der Waals surface area contributed by atoms with Crippen molar-refractivity contribution >= 4 is 30.1 Å². The van der Waals surface area contributed by atoms with Crippen LogP contribution >= 0.6 is 24.0 Å². The smallest absolute Gasteiger partial charge is 0.413 e. The number of aliphatic hydroxyl groups is 1. The highest BCUT2D eigenvalue weighted by Gasteiger charge is 2.63. The molecule has 3 aliphatic rings. The summed E-state index contributed by atoms with van der Waals surface area (Å²) in [5.41, 5.74) is -0.736. The molecule has 162 valence electrons. The quantitative estimate of drug-likeness (QED) is 0.737. The van der Waals surface area contributed by atoms with Gasteiger partial charge in [-0.15, -0.1) is 12.4 Å². The van der Waals surface area contributed by atoms with Crippen molar-refractivity contribution in [3.8, 4) is 0 Å². The van der Waals surface area contributed by atoms with Gasteiger partial charge in [0.05, 0.1) is 0 Å². The van der Waals surface area contributed by atoms with Gasteiger partial charge in [0.15, 0.2) is 11.3 Å². The lowest BCUT2D eigenvalue weighted by Crippen LogP contribution is -2.62. The van der Waals surface area contributed by atoms with E-state index in [1.807, 2.05) is 12.1 Å². The molecule has 7 heteroatoms. The number of benzene rings is 1. The molecule has 2 heterocycles. The number of piperidine rings is 1. The summed E-state index contributed by atoms with van der Waals surface area (Å²) in [6.07, 6.45) is 7.39. The van der Waals surface area contributed by atoms with Crippen molar-refractivity contribution in [1.29, 1.82) is 0 Å². The van der Waals surface area contributed by atoms with Gasteiger partial charge in [0, 0.05) is 43.5 Å². The van der Waals surface area contributed by atoms with Crippen LogP contribution in [-0.2, 0) is 11.2 Å². The molecule has 1 spiro atoms. The number of hydrogen-bond donors (Lipinski definition) is 1. The Balaban J connectivity index is 0.00000240. The second kappa shape index (κ2) is 9.01. The van der Waals surface area contributed by atoms with Gasteiger partial charge in [0.1, 0.15) is 0 Å². The first-order valence-corrected chi connectivity index (χ1v) is 11.0. The van der Waals surface area contributed by atoms with Crippen LogP contribution in [0.15, 0.2) is 24.3 Å². The molecule has 1 atom stereocenters. The first-order chi connectivity index (χ1) is 13.4. The third-order valence-corrected chi connectivity index (χ3v) is 7.30.